The molecule has 6 nitrogen and oxygen atoms in total. The van der Waals surface area contributed by atoms with Gasteiger partial charge < -0.3 is 5.32 Å². The average Bonchev–Trinajstić information content (AvgIpc) is 3.05. The molecule has 0 aromatic carbocycles. The first kappa shape index (κ1) is 15.1. The zero-order chi connectivity index (χ0) is 14.5. The summed E-state index contributed by atoms with van der Waals surface area (Å²) in [5.74, 6) is 1.39. The van der Waals surface area contributed by atoms with Crippen LogP contribution in [0.15, 0.2) is 6.33 Å². The topological polar surface area (TPSA) is 68.5 Å². The molecule has 110 valence electrons. The SMILES string of the molecule is CCCn1ncnc1CC(NC)c1snnc1C(C)C. The van der Waals surface area contributed by atoms with Crippen molar-refractivity contribution >= 4 is 11.5 Å². The van der Waals surface area contributed by atoms with Crippen LogP contribution in [-0.2, 0) is 13.0 Å². The fourth-order valence-corrected chi connectivity index (χ4v) is 3.11. The molecule has 2 aromatic rings. The van der Waals surface area contributed by atoms with Crippen LogP contribution in [0.2, 0.25) is 0 Å². The van der Waals surface area contributed by atoms with Crippen LogP contribution in [-0.4, -0.2) is 31.4 Å². The van der Waals surface area contributed by atoms with Gasteiger partial charge in [-0.1, -0.05) is 25.3 Å². The quantitative estimate of drug-likeness (QED) is 0.847. The van der Waals surface area contributed by atoms with E-state index in [1.807, 2.05) is 11.7 Å². The van der Waals surface area contributed by atoms with Crippen molar-refractivity contribution in [2.45, 2.75) is 52.1 Å². The van der Waals surface area contributed by atoms with Crippen LogP contribution in [0.4, 0.5) is 0 Å². The summed E-state index contributed by atoms with van der Waals surface area (Å²) in [6.07, 6.45) is 3.49. The predicted molar refractivity (Wildman–Crippen MR) is 79.8 cm³/mol. The first-order valence-electron chi connectivity index (χ1n) is 7.03. The molecular formula is C13H22N6S. The fourth-order valence-electron chi connectivity index (χ4n) is 2.20. The molecule has 2 aromatic heterocycles. The summed E-state index contributed by atoms with van der Waals surface area (Å²) in [5, 5.41) is 11.9. The molecule has 1 atom stereocenters. The Morgan fingerprint density at radius 2 is 2.20 bits per heavy atom. The van der Waals surface area contributed by atoms with E-state index in [4.69, 9.17) is 0 Å². The second-order valence-electron chi connectivity index (χ2n) is 5.12. The van der Waals surface area contributed by atoms with E-state index in [1.54, 1.807) is 6.33 Å². The highest BCUT2D eigenvalue weighted by molar-refractivity contribution is 7.05. The number of hydrogen-bond donors (Lipinski definition) is 1. The lowest BCUT2D eigenvalue weighted by atomic mass is 10.0. The Hall–Kier alpha value is -1.34. The van der Waals surface area contributed by atoms with Crippen LogP contribution in [0, 0.1) is 0 Å². The molecule has 0 saturated heterocycles. The van der Waals surface area contributed by atoms with Gasteiger partial charge in [0, 0.05) is 13.0 Å². The summed E-state index contributed by atoms with van der Waals surface area (Å²) in [4.78, 5) is 5.58. The van der Waals surface area contributed by atoms with E-state index in [0.717, 1.165) is 30.9 Å². The molecule has 0 spiro atoms. The second kappa shape index (κ2) is 6.90. The Labute approximate surface area is 123 Å². The summed E-state index contributed by atoms with van der Waals surface area (Å²) < 4.78 is 6.09. The third-order valence-corrected chi connectivity index (χ3v) is 4.12. The molecule has 0 radical (unpaired) electrons. The third-order valence-electron chi connectivity index (χ3n) is 3.27. The molecule has 0 aliphatic carbocycles. The average molecular weight is 294 g/mol. The van der Waals surface area contributed by atoms with Gasteiger partial charge in [0.2, 0.25) is 0 Å². The van der Waals surface area contributed by atoms with Crippen molar-refractivity contribution in [1.82, 2.24) is 29.7 Å². The second-order valence-corrected chi connectivity index (χ2v) is 5.91. The van der Waals surface area contributed by atoms with Crippen LogP contribution in [0.25, 0.3) is 0 Å². The number of aryl methyl sites for hydroxylation is 1. The molecule has 2 rings (SSSR count). The minimum atomic E-state index is 0.187. The Balaban J connectivity index is 2.20. The maximum atomic E-state index is 4.38. The third kappa shape index (κ3) is 3.21. The molecule has 20 heavy (non-hydrogen) atoms. The monoisotopic (exact) mass is 294 g/mol. The van der Waals surface area contributed by atoms with Crippen molar-refractivity contribution < 1.29 is 0 Å². The minimum absolute atomic E-state index is 0.187. The van der Waals surface area contributed by atoms with E-state index in [1.165, 1.54) is 16.4 Å². The first-order valence-corrected chi connectivity index (χ1v) is 7.80. The molecule has 0 bridgehead atoms. The van der Waals surface area contributed by atoms with Gasteiger partial charge in [0.1, 0.15) is 12.2 Å². The lowest BCUT2D eigenvalue weighted by molar-refractivity contribution is 0.517. The van der Waals surface area contributed by atoms with Crippen molar-refractivity contribution in [2.75, 3.05) is 7.05 Å². The van der Waals surface area contributed by atoms with Crippen LogP contribution in [0.1, 0.15) is 55.5 Å². The Kier molecular flexibility index (Phi) is 5.19. The van der Waals surface area contributed by atoms with Gasteiger partial charge in [-0.2, -0.15) is 5.10 Å². The van der Waals surface area contributed by atoms with Crippen LogP contribution in [0.3, 0.4) is 0 Å². The van der Waals surface area contributed by atoms with Gasteiger partial charge in [-0.3, -0.25) is 4.68 Å². The standard InChI is InChI=1S/C13H22N6S/c1-5-6-19-11(15-8-16-19)7-10(14-4)13-12(9(2)3)17-18-20-13/h8-10,14H,5-7H2,1-4H3. The predicted octanol–water partition coefficient (Wildman–Crippen LogP) is 2.17. The number of likely N-dealkylation sites (N-methyl/N-ethyl adjacent to an activating group) is 1. The van der Waals surface area contributed by atoms with Crippen LogP contribution >= 0.6 is 11.5 Å². The van der Waals surface area contributed by atoms with E-state index in [-0.39, 0.29) is 6.04 Å². The Morgan fingerprint density at radius 3 is 2.85 bits per heavy atom. The molecule has 0 fully saturated rings. The first-order chi connectivity index (χ1) is 9.67. The van der Waals surface area contributed by atoms with Gasteiger partial charge in [0.25, 0.3) is 0 Å². The van der Waals surface area contributed by atoms with Gasteiger partial charge in [0.15, 0.2) is 0 Å². The van der Waals surface area contributed by atoms with Crippen LogP contribution in [0.5, 0.6) is 0 Å². The fraction of sp³-hybridized carbons (Fsp3) is 0.692. The van der Waals surface area contributed by atoms with Crippen LogP contribution < -0.4 is 5.32 Å². The highest BCUT2D eigenvalue weighted by Crippen LogP contribution is 2.27. The smallest absolute Gasteiger partial charge is 0.138 e. The van der Waals surface area contributed by atoms with Gasteiger partial charge in [0.05, 0.1) is 16.6 Å². The minimum Gasteiger partial charge on any atom is -0.312 e. The molecule has 0 amide bonds. The highest BCUT2D eigenvalue weighted by Gasteiger charge is 2.22. The lowest BCUT2D eigenvalue weighted by Gasteiger charge is -2.16. The van der Waals surface area contributed by atoms with E-state index < -0.39 is 0 Å². The normalized spacial score (nSPS) is 13.1. The molecule has 1 N–H and O–H groups in total. The van der Waals surface area contributed by atoms with Crippen molar-refractivity contribution in [2.24, 2.45) is 0 Å². The van der Waals surface area contributed by atoms with Crippen molar-refractivity contribution in [3.63, 3.8) is 0 Å². The number of nitrogens with one attached hydrogen (secondary N) is 1. The van der Waals surface area contributed by atoms with Gasteiger partial charge in [-0.05, 0) is 30.9 Å². The van der Waals surface area contributed by atoms with E-state index >= 15 is 0 Å². The van der Waals surface area contributed by atoms with E-state index in [0.29, 0.717) is 5.92 Å². The molecule has 7 heteroatoms. The summed E-state index contributed by atoms with van der Waals surface area (Å²) in [7, 11) is 1.97. The van der Waals surface area contributed by atoms with Gasteiger partial charge in [-0.15, -0.1) is 5.10 Å². The van der Waals surface area contributed by atoms with Gasteiger partial charge in [-0.25, -0.2) is 4.98 Å². The maximum Gasteiger partial charge on any atom is 0.138 e. The number of nitrogens with zero attached hydrogens (tertiary/aromatic N) is 5. The summed E-state index contributed by atoms with van der Waals surface area (Å²) in [6.45, 7) is 7.34. The summed E-state index contributed by atoms with van der Waals surface area (Å²) >= 11 is 1.47. The number of hydrogen-bond acceptors (Lipinski definition) is 6. The zero-order valence-electron chi connectivity index (χ0n) is 12.5. The molecule has 0 saturated carbocycles. The lowest BCUT2D eigenvalue weighted by Crippen LogP contribution is -2.21. The largest absolute Gasteiger partial charge is 0.312 e. The van der Waals surface area contributed by atoms with Gasteiger partial charge >= 0.3 is 0 Å². The molecular weight excluding hydrogens is 272 g/mol. The Bertz CT molecular complexity index is 532. The molecule has 0 aliphatic rings. The number of rotatable bonds is 7. The van der Waals surface area contributed by atoms with Crippen molar-refractivity contribution in [3.05, 3.63) is 22.7 Å². The zero-order valence-corrected chi connectivity index (χ0v) is 13.3. The Morgan fingerprint density at radius 1 is 1.40 bits per heavy atom. The summed E-state index contributed by atoms with van der Waals surface area (Å²) in [5.41, 5.74) is 1.08. The molecule has 1 unspecified atom stereocenters. The maximum absolute atomic E-state index is 4.38. The van der Waals surface area contributed by atoms with Crippen molar-refractivity contribution in [3.8, 4) is 0 Å². The molecule has 0 aliphatic heterocycles. The highest BCUT2D eigenvalue weighted by atomic mass is 32.1. The van der Waals surface area contributed by atoms with E-state index in [2.05, 4.69) is 45.8 Å². The summed E-state index contributed by atoms with van der Waals surface area (Å²) in [6, 6.07) is 0.187. The number of aromatic nitrogens is 5. The molecule has 2 heterocycles. The van der Waals surface area contributed by atoms with E-state index in [9.17, 15) is 0 Å². The van der Waals surface area contributed by atoms with Crippen molar-refractivity contribution in [1.29, 1.82) is 0 Å².